The van der Waals surface area contributed by atoms with Crippen LogP contribution in [0.15, 0.2) is 30.3 Å². The van der Waals surface area contributed by atoms with Gasteiger partial charge < -0.3 is 0 Å². The molecule has 18 heavy (non-hydrogen) atoms. The zero-order valence-electron chi connectivity index (χ0n) is 11.1. The lowest BCUT2D eigenvalue weighted by Crippen LogP contribution is -1.99. The molecule has 0 saturated heterocycles. The number of benzene rings is 1. The van der Waals surface area contributed by atoms with Crippen molar-refractivity contribution in [1.82, 2.24) is 4.98 Å². The van der Waals surface area contributed by atoms with Crippen molar-refractivity contribution in [3.05, 3.63) is 41.6 Å². The van der Waals surface area contributed by atoms with E-state index in [1.54, 1.807) is 0 Å². The first kappa shape index (κ1) is 12.7. The van der Waals surface area contributed by atoms with Gasteiger partial charge in [0.05, 0.1) is 5.52 Å². The third kappa shape index (κ3) is 3.16. The zero-order chi connectivity index (χ0) is 13.0. The number of aryl methyl sites for hydroxylation is 2. The molecule has 0 fully saturated rings. The third-order valence-corrected chi connectivity index (χ3v) is 3.11. The van der Waals surface area contributed by atoms with E-state index >= 15 is 0 Å². The van der Waals surface area contributed by atoms with Gasteiger partial charge in [0.15, 0.2) is 0 Å². The van der Waals surface area contributed by atoms with E-state index in [9.17, 15) is 4.79 Å². The Balaban J connectivity index is 2.10. The SMILES string of the molecule is CCCC(=O)CCc1ccc2nc(C)ccc2c1. The first-order valence-corrected chi connectivity index (χ1v) is 6.57. The average molecular weight is 241 g/mol. The van der Waals surface area contributed by atoms with E-state index in [4.69, 9.17) is 0 Å². The molecule has 0 unspecified atom stereocenters. The molecule has 0 spiro atoms. The van der Waals surface area contributed by atoms with Gasteiger partial charge >= 0.3 is 0 Å². The molecule has 0 aliphatic heterocycles. The molecule has 0 N–H and O–H groups in total. The summed E-state index contributed by atoms with van der Waals surface area (Å²) in [5, 5.41) is 1.15. The monoisotopic (exact) mass is 241 g/mol. The van der Waals surface area contributed by atoms with Crippen LogP contribution in [0.25, 0.3) is 10.9 Å². The van der Waals surface area contributed by atoms with Crippen molar-refractivity contribution in [3.8, 4) is 0 Å². The lowest BCUT2D eigenvalue weighted by atomic mass is 10.0. The Labute approximate surface area is 108 Å². The minimum Gasteiger partial charge on any atom is -0.300 e. The van der Waals surface area contributed by atoms with E-state index in [0.717, 1.165) is 29.4 Å². The van der Waals surface area contributed by atoms with Crippen LogP contribution in [0.4, 0.5) is 0 Å². The van der Waals surface area contributed by atoms with E-state index in [1.165, 1.54) is 5.56 Å². The van der Waals surface area contributed by atoms with Gasteiger partial charge in [0.2, 0.25) is 0 Å². The van der Waals surface area contributed by atoms with Gasteiger partial charge in [-0.2, -0.15) is 0 Å². The van der Waals surface area contributed by atoms with Crippen molar-refractivity contribution >= 4 is 16.7 Å². The highest BCUT2D eigenvalue weighted by Gasteiger charge is 2.03. The molecule has 0 saturated carbocycles. The molecule has 1 aromatic heterocycles. The predicted octanol–water partition coefficient (Wildman–Crippen LogP) is 3.85. The number of fused-ring (bicyclic) bond motifs is 1. The Kier molecular flexibility index (Phi) is 4.08. The number of ketones is 1. The van der Waals surface area contributed by atoms with Crippen molar-refractivity contribution in [1.29, 1.82) is 0 Å². The molecule has 0 radical (unpaired) electrons. The van der Waals surface area contributed by atoms with Gasteiger partial charge in [-0.3, -0.25) is 9.78 Å². The molecule has 1 aromatic carbocycles. The summed E-state index contributed by atoms with van der Waals surface area (Å²) in [6.07, 6.45) is 3.13. The fourth-order valence-corrected chi connectivity index (χ4v) is 2.12. The molecular formula is C16H19NO. The van der Waals surface area contributed by atoms with Crippen LogP contribution in [-0.2, 0) is 11.2 Å². The number of hydrogen-bond acceptors (Lipinski definition) is 2. The Bertz CT molecular complexity index is 560. The second-order valence-electron chi connectivity index (χ2n) is 4.77. The normalized spacial score (nSPS) is 10.8. The lowest BCUT2D eigenvalue weighted by Gasteiger charge is -2.04. The summed E-state index contributed by atoms with van der Waals surface area (Å²) in [5.41, 5.74) is 3.28. The number of hydrogen-bond donors (Lipinski definition) is 0. The first-order valence-electron chi connectivity index (χ1n) is 6.57. The van der Waals surface area contributed by atoms with Crippen molar-refractivity contribution in [3.63, 3.8) is 0 Å². The molecule has 94 valence electrons. The molecule has 2 rings (SSSR count). The maximum Gasteiger partial charge on any atom is 0.133 e. The van der Waals surface area contributed by atoms with E-state index < -0.39 is 0 Å². The molecule has 2 nitrogen and oxygen atoms in total. The number of carbonyl (C=O) groups excluding carboxylic acids is 1. The summed E-state index contributed by atoms with van der Waals surface area (Å²) >= 11 is 0. The summed E-state index contributed by atoms with van der Waals surface area (Å²) in [6, 6.07) is 10.4. The number of nitrogens with zero attached hydrogens (tertiary/aromatic N) is 1. The van der Waals surface area contributed by atoms with E-state index in [-0.39, 0.29) is 0 Å². The molecule has 0 atom stereocenters. The molecule has 0 aliphatic carbocycles. The van der Waals surface area contributed by atoms with Crippen molar-refractivity contribution in [2.75, 3.05) is 0 Å². The van der Waals surface area contributed by atoms with Crippen LogP contribution in [0.5, 0.6) is 0 Å². The minimum absolute atomic E-state index is 0.361. The smallest absolute Gasteiger partial charge is 0.133 e. The van der Waals surface area contributed by atoms with Crippen LogP contribution in [-0.4, -0.2) is 10.8 Å². The Morgan fingerprint density at radius 2 is 2.00 bits per heavy atom. The van der Waals surface area contributed by atoms with E-state index in [2.05, 4.69) is 23.2 Å². The van der Waals surface area contributed by atoms with Crippen LogP contribution in [0, 0.1) is 6.92 Å². The van der Waals surface area contributed by atoms with Crippen molar-refractivity contribution in [2.45, 2.75) is 39.5 Å². The highest BCUT2D eigenvalue weighted by Crippen LogP contribution is 2.16. The standard InChI is InChI=1S/C16H19NO/c1-3-4-15(18)9-6-13-7-10-16-14(11-13)8-5-12(2)17-16/h5,7-8,10-11H,3-4,6,9H2,1-2H3. The fourth-order valence-electron chi connectivity index (χ4n) is 2.12. The maximum absolute atomic E-state index is 11.5. The molecule has 1 heterocycles. The molecule has 2 aromatic rings. The number of rotatable bonds is 5. The van der Waals surface area contributed by atoms with Crippen LogP contribution < -0.4 is 0 Å². The zero-order valence-corrected chi connectivity index (χ0v) is 11.1. The molecule has 0 amide bonds. The van der Waals surface area contributed by atoms with E-state index in [0.29, 0.717) is 18.6 Å². The molecule has 0 bridgehead atoms. The second-order valence-corrected chi connectivity index (χ2v) is 4.77. The minimum atomic E-state index is 0.361. The average Bonchev–Trinajstić information content (AvgIpc) is 2.36. The highest BCUT2D eigenvalue weighted by atomic mass is 16.1. The number of Topliss-reactive ketones (excluding diaryl/α,β-unsaturated/α-hetero) is 1. The van der Waals surface area contributed by atoms with Gasteiger partial charge in [-0.15, -0.1) is 0 Å². The molecule has 0 aliphatic rings. The van der Waals surface area contributed by atoms with Crippen LogP contribution in [0.2, 0.25) is 0 Å². The quantitative estimate of drug-likeness (QED) is 0.796. The van der Waals surface area contributed by atoms with Gasteiger partial charge in [0, 0.05) is 23.9 Å². The largest absolute Gasteiger partial charge is 0.300 e. The van der Waals surface area contributed by atoms with Crippen molar-refractivity contribution in [2.24, 2.45) is 0 Å². The summed E-state index contributed by atoms with van der Waals surface area (Å²) in [7, 11) is 0. The summed E-state index contributed by atoms with van der Waals surface area (Å²) in [4.78, 5) is 16.0. The van der Waals surface area contributed by atoms with Gasteiger partial charge in [-0.1, -0.05) is 19.1 Å². The van der Waals surface area contributed by atoms with Gasteiger partial charge in [-0.25, -0.2) is 0 Å². The predicted molar refractivity (Wildman–Crippen MR) is 74.7 cm³/mol. The topological polar surface area (TPSA) is 30.0 Å². The summed E-state index contributed by atoms with van der Waals surface area (Å²) < 4.78 is 0. The number of aromatic nitrogens is 1. The lowest BCUT2D eigenvalue weighted by molar-refractivity contribution is -0.119. The number of pyridine rings is 1. The number of carbonyl (C=O) groups is 1. The van der Waals surface area contributed by atoms with Crippen LogP contribution in [0.3, 0.4) is 0 Å². The Morgan fingerprint density at radius 3 is 2.78 bits per heavy atom. The maximum atomic E-state index is 11.5. The molecule has 2 heteroatoms. The highest BCUT2D eigenvalue weighted by molar-refractivity contribution is 5.80. The van der Waals surface area contributed by atoms with Crippen molar-refractivity contribution < 1.29 is 4.79 Å². The fraction of sp³-hybridized carbons (Fsp3) is 0.375. The van der Waals surface area contributed by atoms with Crippen LogP contribution >= 0.6 is 0 Å². The van der Waals surface area contributed by atoms with Crippen LogP contribution in [0.1, 0.15) is 37.4 Å². The molecular weight excluding hydrogens is 222 g/mol. The first-order chi connectivity index (χ1) is 8.69. The van der Waals surface area contributed by atoms with Gasteiger partial charge in [-0.05, 0) is 43.5 Å². The Hall–Kier alpha value is -1.70. The van der Waals surface area contributed by atoms with Gasteiger partial charge in [0.25, 0.3) is 0 Å². The second kappa shape index (κ2) is 5.76. The third-order valence-electron chi connectivity index (χ3n) is 3.11. The summed E-state index contributed by atoms with van der Waals surface area (Å²) in [6.45, 7) is 4.04. The van der Waals surface area contributed by atoms with Gasteiger partial charge in [0.1, 0.15) is 5.78 Å². The summed E-state index contributed by atoms with van der Waals surface area (Å²) in [5.74, 6) is 0.361. The Morgan fingerprint density at radius 1 is 1.17 bits per heavy atom. The van der Waals surface area contributed by atoms with E-state index in [1.807, 2.05) is 26.0 Å².